The molecule has 2 nitrogen and oxygen atoms in total. The van der Waals surface area contributed by atoms with Gasteiger partial charge in [-0.3, -0.25) is 0 Å². The molecule has 1 rings (SSSR count). The summed E-state index contributed by atoms with van der Waals surface area (Å²) in [6.45, 7) is 0. The van der Waals surface area contributed by atoms with Gasteiger partial charge in [0.05, 0.1) is 7.11 Å². The largest absolute Gasteiger partial charge is 0.497 e. The van der Waals surface area contributed by atoms with Crippen LogP contribution in [0, 0.1) is 5.41 Å². The van der Waals surface area contributed by atoms with Crippen molar-refractivity contribution in [3.63, 3.8) is 0 Å². The minimum Gasteiger partial charge on any atom is -0.497 e. The van der Waals surface area contributed by atoms with Crippen molar-refractivity contribution >= 4 is 12.3 Å². The van der Waals surface area contributed by atoms with Crippen molar-refractivity contribution in [1.29, 1.82) is 5.41 Å². The zero-order valence-electron chi connectivity index (χ0n) is 6.95. The summed E-state index contributed by atoms with van der Waals surface area (Å²) in [7, 11) is 1.64. The second-order valence-corrected chi connectivity index (χ2v) is 2.30. The van der Waals surface area contributed by atoms with Crippen LogP contribution >= 0.6 is 0 Å². The van der Waals surface area contributed by atoms with Gasteiger partial charge in [-0.1, -0.05) is 18.2 Å². The van der Waals surface area contributed by atoms with Crippen molar-refractivity contribution < 1.29 is 4.74 Å². The molecule has 0 aromatic heterocycles. The number of allylic oxidation sites excluding steroid dienone is 1. The fourth-order valence-corrected chi connectivity index (χ4v) is 0.874. The zero-order chi connectivity index (χ0) is 8.81. The van der Waals surface area contributed by atoms with E-state index in [1.165, 1.54) is 6.21 Å². The first-order valence-corrected chi connectivity index (χ1v) is 3.68. The standard InChI is InChI=1S/C10H11NO/c1-12-10-6-4-9(5-7-10)3-2-8-11/h2-8,11H,1H3. The van der Waals surface area contributed by atoms with Gasteiger partial charge >= 0.3 is 0 Å². The quantitative estimate of drug-likeness (QED) is 0.678. The maximum atomic E-state index is 6.79. The lowest BCUT2D eigenvalue weighted by molar-refractivity contribution is 0.415. The van der Waals surface area contributed by atoms with Gasteiger partial charge in [0, 0.05) is 6.21 Å². The first-order valence-electron chi connectivity index (χ1n) is 3.68. The number of rotatable bonds is 3. The molecule has 1 N–H and O–H groups in total. The van der Waals surface area contributed by atoms with E-state index in [9.17, 15) is 0 Å². The van der Waals surface area contributed by atoms with Crippen molar-refractivity contribution in [2.24, 2.45) is 0 Å². The molecule has 0 saturated heterocycles. The van der Waals surface area contributed by atoms with Crippen LogP contribution in [-0.2, 0) is 0 Å². The minimum atomic E-state index is 0.849. The highest BCUT2D eigenvalue weighted by Gasteiger charge is 1.88. The summed E-state index contributed by atoms with van der Waals surface area (Å²) >= 11 is 0. The minimum absolute atomic E-state index is 0.849. The molecule has 0 aliphatic carbocycles. The Morgan fingerprint density at radius 2 is 1.92 bits per heavy atom. The van der Waals surface area contributed by atoms with E-state index in [2.05, 4.69) is 0 Å². The van der Waals surface area contributed by atoms with Gasteiger partial charge < -0.3 is 10.1 Å². The molecule has 12 heavy (non-hydrogen) atoms. The molecule has 0 unspecified atom stereocenters. The maximum Gasteiger partial charge on any atom is 0.118 e. The number of nitrogens with one attached hydrogen (secondary N) is 1. The predicted octanol–water partition coefficient (Wildman–Crippen LogP) is 2.36. The first kappa shape index (κ1) is 8.53. The Morgan fingerprint density at radius 3 is 2.42 bits per heavy atom. The van der Waals surface area contributed by atoms with E-state index >= 15 is 0 Å². The fourth-order valence-electron chi connectivity index (χ4n) is 0.874. The van der Waals surface area contributed by atoms with Gasteiger partial charge in [0.1, 0.15) is 5.75 Å². The third-order valence-electron chi connectivity index (χ3n) is 1.50. The summed E-state index contributed by atoms with van der Waals surface area (Å²) in [4.78, 5) is 0. The molecule has 62 valence electrons. The lowest BCUT2D eigenvalue weighted by Gasteiger charge is -1.98. The molecule has 1 aromatic carbocycles. The highest BCUT2D eigenvalue weighted by Crippen LogP contribution is 2.11. The Morgan fingerprint density at radius 1 is 1.25 bits per heavy atom. The second kappa shape index (κ2) is 4.34. The van der Waals surface area contributed by atoms with Crippen molar-refractivity contribution in [3.05, 3.63) is 35.9 Å². The normalized spacial score (nSPS) is 10.1. The lowest BCUT2D eigenvalue weighted by atomic mass is 10.2. The molecule has 0 aliphatic rings. The molecule has 0 aliphatic heterocycles. The first-order chi connectivity index (χ1) is 5.86. The van der Waals surface area contributed by atoms with Crippen LogP contribution < -0.4 is 4.74 Å². The molecule has 2 heteroatoms. The molecule has 0 saturated carbocycles. The molecule has 0 heterocycles. The summed E-state index contributed by atoms with van der Waals surface area (Å²) in [6, 6.07) is 7.67. The van der Waals surface area contributed by atoms with Gasteiger partial charge in [0.2, 0.25) is 0 Å². The van der Waals surface area contributed by atoms with E-state index in [0.29, 0.717) is 0 Å². The Balaban J connectivity index is 2.77. The van der Waals surface area contributed by atoms with Crippen LogP contribution in [0.1, 0.15) is 5.56 Å². The van der Waals surface area contributed by atoms with Gasteiger partial charge in [0.25, 0.3) is 0 Å². The molecule has 0 atom stereocenters. The van der Waals surface area contributed by atoms with E-state index in [1.807, 2.05) is 30.3 Å². The van der Waals surface area contributed by atoms with Crippen molar-refractivity contribution in [1.82, 2.24) is 0 Å². The van der Waals surface area contributed by atoms with E-state index in [1.54, 1.807) is 13.2 Å². The number of hydrogen-bond acceptors (Lipinski definition) is 2. The van der Waals surface area contributed by atoms with E-state index in [4.69, 9.17) is 10.1 Å². The summed E-state index contributed by atoms with van der Waals surface area (Å²) in [5.41, 5.74) is 1.07. The summed E-state index contributed by atoms with van der Waals surface area (Å²) in [5.74, 6) is 0.849. The number of ether oxygens (including phenoxy) is 1. The Labute approximate surface area is 72.0 Å². The second-order valence-electron chi connectivity index (χ2n) is 2.30. The predicted molar refractivity (Wildman–Crippen MR) is 50.8 cm³/mol. The van der Waals surface area contributed by atoms with Crippen LogP contribution in [0.4, 0.5) is 0 Å². The van der Waals surface area contributed by atoms with Gasteiger partial charge in [0.15, 0.2) is 0 Å². The third-order valence-corrected chi connectivity index (χ3v) is 1.50. The van der Waals surface area contributed by atoms with Crippen LogP contribution in [0.3, 0.4) is 0 Å². The maximum absolute atomic E-state index is 6.79. The molecule has 0 bridgehead atoms. The van der Waals surface area contributed by atoms with Crippen LogP contribution in [-0.4, -0.2) is 13.3 Å². The smallest absolute Gasteiger partial charge is 0.118 e. The SMILES string of the molecule is COc1ccc(C=CC=N)cc1. The lowest BCUT2D eigenvalue weighted by Crippen LogP contribution is -1.81. The summed E-state index contributed by atoms with van der Waals surface area (Å²) in [5, 5.41) is 6.79. The summed E-state index contributed by atoms with van der Waals surface area (Å²) in [6.07, 6.45) is 4.80. The molecule has 0 fully saturated rings. The van der Waals surface area contributed by atoms with Crippen LogP contribution in [0.2, 0.25) is 0 Å². The number of benzene rings is 1. The molecule has 1 aromatic rings. The average Bonchev–Trinajstić information content (AvgIpc) is 2.15. The van der Waals surface area contributed by atoms with E-state index in [-0.39, 0.29) is 0 Å². The Kier molecular flexibility index (Phi) is 3.08. The molecule has 0 radical (unpaired) electrons. The van der Waals surface area contributed by atoms with Crippen LogP contribution in [0.15, 0.2) is 30.3 Å². The van der Waals surface area contributed by atoms with Crippen molar-refractivity contribution in [3.8, 4) is 5.75 Å². The van der Waals surface area contributed by atoms with E-state index < -0.39 is 0 Å². The highest BCUT2D eigenvalue weighted by molar-refractivity contribution is 5.75. The van der Waals surface area contributed by atoms with Gasteiger partial charge in [-0.15, -0.1) is 0 Å². The van der Waals surface area contributed by atoms with Crippen molar-refractivity contribution in [2.75, 3.05) is 7.11 Å². The average molecular weight is 161 g/mol. The number of hydrogen-bond donors (Lipinski definition) is 1. The van der Waals surface area contributed by atoms with Gasteiger partial charge in [-0.2, -0.15) is 0 Å². The van der Waals surface area contributed by atoms with Crippen LogP contribution in [0.5, 0.6) is 5.75 Å². The van der Waals surface area contributed by atoms with Crippen molar-refractivity contribution in [2.45, 2.75) is 0 Å². The fraction of sp³-hybridized carbons (Fsp3) is 0.100. The highest BCUT2D eigenvalue weighted by atomic mass is 16.5. The third kappa shape index (κ3) is 2.23. The molecular formula is C10H11NO. The van der Waals surface area contributed by atoms with Gasteiger partial charge in [-0.25, -0.2) is 0 Å². The number of methoxy groups -OCH3 is 1. The van der Waals surface area contributed by atoms with E-state index in [0.717, 1.165) is 11.3 Å². The topological polar surface area (TPSA) is 33.1 Å². The Hall–Kier alpha value is -1.57. The van der Waals surface area contributed by atoms with Crippen LogP contribution in [0.25, 0.3) is 6.08 Å². The van der Waals surface area contributed by atoms with Gasteiger partial charge in [-0.05, 0) is 23.8 Å². The molecular weight excluding hydrogens is 150 g/mol. The Bertz CT molecular complexity index is 274. The zero-order valence-corrected chi connectivity index (χ0v) is 6.95. The monoisotopic (exact) mass is 161 g/mol. The molecule has 0 amide bonds. The summed E-state index contributed by atoms with van der Waals surface area (Å²) < 4.78 is 5.00. The molecule has 0 spiro atoms.